The summed E-state index contributed by atoms with van der Waals surface area (Å²) < 4.78 is 32.0. The van der Waals surface area contributed by atoms with Crippen LogP contribution in [-0.4, -0.2) is 42.7 Å². The molecule has 0 fully saturated rings. The predicted molar refractivity (Wildman–Crippen MR) is 129 cm³/mol. The molecule has 9 nitrogen and oxygen atoms in total. The average molecular weight is 493 g/mol. The molecule has 0 unspecified atom stereocenters. The van der Waals surface area contributed by atoms with Gasteiger partial charge in [0.25, 0.3) is 0 Å². The Morgan fingerprint density at radius 2 is 1.69 bits per heavy atom. The van der Waals surface area contributed by atoms with Crippen LogP contribution in [0.15, 0.2) is 76.7 Å². The lowest BCUT2D eigenvalue weighted by molar-refractivity contribution is 0.0686. The highest BCUT2D eigenvalue weighted by Crippen LogP contribution is 2.35. The van der Waals surface area contributed by atoms with Crippen LogP contribution in [0.5, 0.6) is 5.75 Å². The number of methoxy groups -OCH3 is 1. The summed E-state index contributed by atoms with van der Waals surface area (Å²) in [5, 5.41) is 22.4. The number of benzene rings is 3. The second-order valence-electron chi connectivity index (χ2n) is 7.68. The Balaban J connectivity index is 1.95. The molecule has 4 aromatic rings. The lowest BCUT2D eigenvalue weighted by Gasteiger charge is -2.16. The number of pyridine rings is 1. The van der Waals surface area contributed by atoms with Crippen LogP contribution in [0.2, 0.25) is 0 Å². The molecular formula is C25H20N2O7S. The maximum absolute atomic E-state index is 13.4. The summed E-state index contributed by atoms with van der Waals surface area (Å²) in [5.41, 5.74) is 1.29. The molecule has 0 aliphatic heterocycles. The highest BCUT2D eigenvalue weighted by atomic mass is 32.2. The van der Waals surface area contributed by atoms with Gasteiger partial charge in [-0.1, -0.05) is 12.1 Å². The van der Waals surface area contributed by atoms with Crippen molar-refractivity contribution >= 4 is 44.1 Å². The van der Waals surface area contributed by atoms with E-state index in [1.807, 2.05) is 0 Å². The van der Waals surface area contributed by atoms with Crippen LogP contribution in [0.3, 0.4) is 0 Å². The fourth-order valence-corrected chi connectivity index (χ4v) is 5.09. The van der Waals surface area contributed by atoms with Crippen molar-refractivity contribution in [2.45, 2.75) is 16.7 Å². The van der Waals surface area contributed by atoms with Crippen LogP contribution in [0.25, 0.3) is 10.9 Å². The largest absolute Gasteiger partial charge is 0.497 e. The predicted octanol–water partition coefficient (Wildman–Crippen LogP) is 4.52. The Labute approximate surface area is 200 Å². The highest BCUT2D eigenvalue weighted by Gasteiger charge is 2.23. The highest BCUT2D eigenvalue weighted by molar-refractivity contribution is 7.91. The Morgan fingerprint density at radius 3 is 2.37 bits per heavy atom. The van der Waals surface area contributed by atoms with E-state index in [0.717, 1.165) is 6.07 Å². The number of aromatic nitrogens is 1. The van der Waals surface area contributed by atoms with Gasteiger partial charge in [0.05, 0.1) is 33.7 Å². The van der Waals surface area contributed by atoms with Crippen LogP contribution in [-0.2, 0) is 9.84 Å². The van der Waals surface area contributed by atoms with Gasteiger partial charge < -0.3 is 20.3 Å². The summed E-state index contributed by atoms with van der Waals surface area (Å²) in [6, 6.07) is 14.6. The maximum atomic E-state index is 13.4. The molecule has 0 spiro atoms. The van der Waals surface area contributed by atoms with E-state index in [1.165, 1.54) is 43.6 Å². The van der Waals surface area contributed by atoms with Gasteiger partial charge in [0, 0.05) is 23.3 Å². The summed E-state index contributed by atoms with van der Waals surface area (Å²) in [7, 11) is -2.63. The second-order valence-corrected chi connectivity index (χ2v) is 9.63. The van der Waals surface area contributed by atoms with Crippen LogP contribution < -0.4 is 10.1 Å². The van der Waals surface area contributed by atoms with Crippen molar-refractivity contribution in [3.63, 3.8) is 0 Å². The van der Waals surface area contributed by atoms with Crippen molar-refractivity contribution in [1.82, 2.24) is 4.98 Å². The van der Waals surface area contributed by atoms with Crippen LogP contribution in [0, 0.1) is 6.92 Å². The number of ether oxygens (including phenoxy) is 1. The zero-order valence-electron chi connectivity index (χ0n) is 18.6. The number of carbonyl (C=O) groups is 2. The molecule has 0 aliphatic rings. The molecule has 0 saturated heterocycles. The SMILES string of the molecule is COc1cccc(Nc2c(C(=O)O)cnc3c(C)cc(S(=O)(=O)c4cccc(C(=O)O)c4)cc23)c1. The number of hydrogen-bond acceptors (Lipinski definition) is 7. The Hall–Kier alpha value is -4.44. The maximum Gasteiger partial charge on any atom is 0.339 e. The number of anilines is 2. The average Bonchev–Trinajstić information content (AvgIpc) is 2.84. The van der Waals surface area contributed by atoms with E-state index in [2.05, 4.69) is 10.3 Å². The van der Waals surface area contributed by atoms with Crippen molar-refractivity contribution in [1.29, 1.82) is 0 Å². The van der Waals surface area contributed by atoms with E-state index in [1.54, 1.807) is 31.2 Å². The summed E-state index contributed by atoms with van der Waals surface area (Å²) in [4.78, 5) is 27.3. The zero-order chi connectivity index (χ0) is 25.3. The molecule has 35 heavy (non-hydrogen) atoms. The molecule has 3 aromatic carbocycles. The number of nitrogens with one attached hydrogen (secondary N) is 1. The van der Waals surface area contributed by atoms with Crippen molar-refractivity contribution in [3.8, 4) is 5.75 Å². The fourth-order valence-electron chi connectivity index (χ4n) is 3.68. The molecule has 0 saturated carbocycles. The van der Waals surface area contributed by atoms with E-state index in [9.17, 15) is 28.2 Å². The van der Waals surface area contributed by atoms with Crippen LogP contribution in [0.4, 0.5) is 11.4 Å². The Morgan fingerprint density at radius 1 is 0.943 bits per heavy atom. The number of aryl methyl sites for hydroxylation is 1. The van der Waals surface area contributed by atoms with Gasteiger partial charge in [-0.3, -0.25) is 4.98 Å². The van der Waals surface area contributed by atoms with Gasteiger partial charge in [0.15, 0.2) is 0 Å². The molecule has 10 heteroatoms. The summed E-state index contributed by atoms with van der Waals surface area (Å²) in [6.07, 6.45) is 1.21. The molecule has 0 radical (unpaired) electrons. The molecule has 0 amide bonds. The molecule has 0 bridgehead atoms. The third-order valence-electron chi connectivity index (χ3n) is 5.41. The summed E-state index contributed by atoms with van der Waals surface area (Å²) in [6.45, 7) is 1.66. The molecular weight excluding hydrogens is 472 g/mol. The van der Waals surface area contributed by atoms with Gasteiger partial charge in [-0.15, -0.1) is 0 Å². The van der Waals surface area contributed by atoms with Crippen molar-refractivity contribution in [2.24, 2.45) is 0 Å². The first kappa shape index (κ1) is 23.7. The fraction of sp³-hybridized carbons (Fsp3) is 0.0800. The number of carboxylic acid groups (broad SMARTS) is 2. The Bertz CT molecular complexity index is 1600. The first-order valence-electron chi connectivity index (χ1n) is 10.3. The molecule has 4 rings (SSSR count). The topological polar surface area (TPSA) is 143 Å². The van der Waals surface area contributed by atoms with E-state index < -0.39 is 21.8 Å². The normalized spacial score (nSPS) is 11.3. The first-order valence-corrected chi connectivity index (χ1v) is 11.8. The van der Waals surface area contributed by atoms with Gasteiger partial charge in [-0.2, -0.15) is 0 Å². The minimum absolute atomic E-state index is 0.122. The van der Waals surface area contributed by atoms with Gasteiger partial charge in [-0.25, -0.2) is 18.0 Å². The van der Waals surface area contributed by atoms with Gasteiger partial charge in [0.1, 0.15) is 11.3 Å². The van der Waals surface area contributed by atoms with Crippen LogP contribution in [0.1, 0.15) is 26.3 Å². The summed E-state index contributed by atoms with van der Waals surface area (Å²) >= 11 is 0. The monoisotopic (exact) mass is 492 g/mol. The van der Waals surface area contributed by atoms with E-state index in [4.69, 9.17) is 4.74 Å². The second kappa shape index (κ2) is 9.07. The van der Waals surface area contributed by atoms with E-state index in [0.29, 0.717) is 22.5 Å². The minimum atomic E-state index is -4.13. The summed E-state index contributed by atoms with van der Waals surface area (Å²) in [5.74, 6) is -1.95. The lowest BCUT2D eigenvalue weighted by atomic mass is 10.1. The number of aromatic carboxylic acids is 2. The van der Waals surface area contributed by atoms with Gasteiger partial charge in [-0.05, 0) is 55.0 Å². The molecule has 1 heterocycles. The minimum Gasteiger partial charge on any atom is -0.497 e. The quantitative estimate of drug-likeness (QED) is 0.339. The molecule has 178 valence electrons. The Kier molecular flexibility index (Phi) is 6.14. The van der Waals surface area contributed by atoms with Crippen LogP contribution >= 0.6 is 0 Å². The number of hydrogen-bond donors (Lipinski definition) is 3. The molecule has 3 N–H and O–H groups in total. The van der Waals surface area contributed by atoms with E-state index in [-0.39, 0.29) is 32.0 Å². The zero-order valence-corrected chi connectivity index (χ0v) is 19.5. The molecule has 0 atom stereocenters. The standard InChI is InChI=1S/C25H20N2O7S/c1-14-9-19(35(32,33)18-8-3-5-15(10-18)24(28)29)12-20-22(14)26-13-21(25(30)31)23(20)27-16-6-4-7-17(11-16)34-2/h3-13H,1-2H3,(H,26,27)(H,28,29)(H,30,31). The van der Waals surface area contributed by atoms with Crippen molar-refractivity contribution in [2.75, 3.05) is 12.4 Å². The molecule has 1 aromatic heterocycles. The van der Waals surface area contributed by atoms with Crippen molar-refractivity contribution in [3.05, 3.63) is 83.6 Å². The first-order chi connectivity index (χ1) is 16.6. The smallest absolute Gasteiger partial charge is 0.339 e. The lowest BCUT2D eigenvalue weighted by Crippen LogP contribution is -2.08. The number of fused-ring (bicyclic) bond motifs is 1. The number of nitrogens with zero attached hydrogens (tertiary/aromatic N) is 1. The third-order valence-corrected chi connectivity index (χ3v) is 7.14. The molecule has 0 aliphatic carbocycles. The third kappa shape index (κ3) is 4.51. The van der Waals surface area contributed by atoms with E-state index >= 15 is 0 Å². The van der Waals surface area contributed by atoms with Crippen molar-refractivity contribution < 1.29 is 33.0 Å². The van der Waals surface area contributed by atoms with Gasteiger partial charge in [0.2, 0.25) is 9.84 Å². The number of rotatable bonds is 7. The number of carboxylic acids is 2. The number of sulfone groups is 1. The van der Waals surface area contributed by atoms with Gasteiger partial charge >= 0.3 is 11.9 Å².